The number of nitrogens with two attached hydrogens (primary N) is 1. The topological polar surface area (TPSA) is 26.0 Å². The van der Waals surface area contributed by atoms with Gasteiger partial charge in [-0.1, -0.05) is 12.1 Å². The molecule has 0 radical (unpaired) electrons. The molecule has 2 rings (SSSR count). The van der Waals surface area contributed by atoms with Crippen molar-refractivity contribution in [3.05, 3.63) is 39.7 Å². The van der Waals surface area contributed by atoms with Crippen LogP contribution in [0, 0.1) is 0 Å². The number of thiophene rings is 1. The van der Waals surface area contributed by atoms with Gasteiger partial charge in [-0.15, -0.1) is 11.3 Å². The third kappa shape index (κ3) is 1.68. The fourth-order valence-electron chi connectivity index (χ4n) is 1.55. The highest BCUT2D eigenvalue weighted by Gasteiger charge is 2.09. The summed E-state index contributed by atoms with van der Waals surface area (Å²) in [4.78, 5) is 1.38. The van der Waals surface area contributed by atoms with Crippen molar-refractivity contribution < 1.29 is 0 Å². The summed E-state index contributed by atoms with van der Waals surface area (Å²) in [6.07, 6.45) is 4.31. The van der Waals surface area contributed by atoms with Gasteiger partial charge in [0.1, 0.15) is 0 Å². The van der Waals surface area contributed by atoms with Gasteiger partial charge in [0.05, 0.1) is 0 Å². The monoisotopic (exact) mass is 191 g/mol. The zero-order valence-electron chi connectivity index (χ0n) is 7.71. The van der Waals surface area contributed by atoms with Crippen LogP contribution in [0.1, 0.15) is 24.6 Å². The fraction of sp³-hybridized carbons (Fsp3) is 0.273. The van der Waals surface area contributed by atoms with Gasteiger partial charge in [-0.05, 0) is 42.4 Å². The molecule has 0 aromatic carbocycles. The smallest absolute Gasteiger partial charge is 0.0302 e. The van der Waals surface area contributed by atoms with Crippen molar-refractivity contribution in [3.63, 3.8) is 0 Å². The summed E-state index contributed by atoms with van der Waals surface area (Å²) in [5.74, 6) is 0. The van der Waals surface area contributed by atoms with E-state index in [2.05, 4.69) is 30.5 Å². The van der Waals surface area contributed by atoms with Gasteiger partial charge in [0.2, 0.25) is 0 Å². The standard InChI is InChI=1S/C11H13NS/c1-8-7-9(4-5-10(8)12)11-3-2-6-13-11/h2-3,6-7H,4-5,12H2,1H3. The highest BCUT2D eigenvalue weighted by Crippen LogP contribution is 2.30. The lowest BCUT2D eigenvalue weighted by Gasteiger charge is -2.14. The molecule has 1 aliphatic rings. The second kappa shape index (κ2) is 3.38. The quantitative estimate of drug-likeness (QED) is 0.725. The van der Waals surface area contributed by atoms with Crippen LogP contribution in [0.15, 0.2) is 34.9 Å². The van der Waals surface area contributed by atoms with E-state index in [1.54, 1.807) is 11.3 Å². The Bertz CT molecular complexity index is 357. The van der Waals surface area contributed by atoms with E-state index in [4.69, 9.17) is 5.73 Å². The van der Waals surface area contributed by atoms with Crippen LogP contribution in [0.3, 0.4) is 0 Å². The number of hydrogen-bond donors (Lipinski definition) is 1. The van der Waals surface area contributed by atoms with E-state index in [1.807, 2.05) is 0 Å². The van der Waals surface area contributed by atoms with Crippen molar-refractivity contribution in [2.45, 2.75) is 19.8 Å². The first-order valence-corrected chi connectivity index (χ1v) is 5.35. The molecule has 0 unspecified atom stereocenters. The zero-order valence-corrected chi connectivity index (χ0v) is 8.53. The molecule has 0 amide bonds. The van der Waals surface area contributed by atoms with Gasteiger partial charge in [-0.25, -0.2) is 0 Å². The van der Waals surface area contributed by atoms with Crippen molar-refractivity contribution >= 4 is 16.9 Å². The van der Waals surface area contributed by atoms with Crippen LogP contribution in [-0.2, 0) is 0 Å². The first kappa shape index (κ1) is 8.57. The van der Waals surface area contributed by atoms with E-state index in [0.717, 1.165) is 18.5 Å². The second-order valence-electron chi connectivity index (χ2n) is 3.36. The molecule has 68 valence electrons. The Morgan fingerprint density at radius 2 is 2.23 bits per heavy atom. The van der Waals surface area contributed by atoms with Crippen molar-refractivity contribution in [3.8, 4) is 0 Å². The third-order valence-corrected chi connectivity index (χ3v) is 3.34. The minimum Gasteiger partial charge on any atom is -0.402 e. The van der Waals surface area contributed by atoms with Crippen LogP contribution in [-0.4, -0.2) is 0 Å². The van der Waals surface area contributed by atoms with E-state index in [1.165, 1.54) is 16.0 Å². The molecule has 0 bridgehead atoms. The van der Waals surface area contributed by atoms with Gasteiger partial charge in [-0.3, -0.25) is 0 Å². The lowest BCUT2D eigenvalue weighted by molar-refractivity contribution is 0.938. The zero-order chi connectivity index (χ0) is 9.26. The Balaban J connectivity index is 2.33. The fourth-order valence-corrected chi connectivity index (χ4v) is 2.32. The summed E-state index contributed by atoms with van der Waals surface area (Å²) < 4.78 is 0. The highest BCUT2D eigenvalue weighted by molar-refractivity contribution is 7.11. The number of hydrogen-bond acceptors (Lipinski definition) is 2. The normalized spacial score (nSPS) is 17.5. The maximum absolute atomic E-state index is 5.83. The van der Waals surface area contributed by atoms with Crippen LogP contribution in [0.5, 0.6) is 0 Å². The van der Waals surface area contributed by atoms with Crippen molar-refractivity contribution in [2.75, 3.05) is 0 Å². The van der Waals surface area contributed by atoms with Gasteiger partial charge in [-0.2, -0.15) is 0 Å². The SMILES string of the molecule is CC1=C(N)CCC(c2cccs2)=C1. The van der Waals surface area contributed by atoms with E-state index < -0.39 is 0 Å². The minimum atomic E-state index is 1.01. The average molecular weight is 191 g/mol. The van der Waals surface area contributed by atoms with Gasteiger partial charge >= 0.3 is 0 Å². The molecule has 0 fully saturated rings. The molecule has 0 saturated carbocycles. The molecule has 1 aliphatic carbocycles. The third-order valence-electron chi connectivity index (χ3n) is 2.40. The Labute approximate surface area is 82.6 Å². The van der Waals surface area contributed by atoms with Crippen molar-refractivity contribution in [2.24, 2.45) is 5.73 Å². The molecule has 0 saturated heterocycles. The molecule has 1 heterocycles. The predicted molar refractivity (Wildman–Crippen MR) is 58.4 cm³/mol. The largest absolute Gasteiger partial charge is 0.402 e. The Morgan fingerprint density at radius 3 is 2.85 bits per heavy atom. The molecule has 2 heteroatoms. The van der Waals surface area contributed by atoms with Crippen LogP contribution < -0.4 is 5.73 Å². The lowest BCUT2D eigenvalue weighted by atomic mass is 9.97. The molecule has 2 N–H and O–H groups in total. The van der Waals surface area contributed by atoms with E-state index in [0.29, 0.717) is 0 Å². The maximum atomic E-state index is 5.83. The first-order valence-electron chi connectivity index (χ1n) is 4.47. The molecule has 0 spiro atoms. The Morgan fingerprint density at radius 1 is 1.38 bits per heavy atom. The number of rotatable bonds is 1. The molecule has 1 aromatic heterocycles. The molecule has 1 aromatic rings. The summed E-state index contributed by atoms with van der Waals surface area (Å²) >= 11 is 1.80. The van der Waals surface area contributed by atoms with E-state index in [-0.39, 0.29) is 0 Å². The summed E-state index contributed by atoms with van der Waals surface area (Å²) in [6.45, 7) is 2.09. The second-order valence-corrected chi connectivity index (χ2v) is 4.30. The highest BCUT2D eigenvalue weighted by atomic mass is 32.1. The minimum absolute atomic E-state index is 1.01. The average Bonchev–Trinajstić information content (AvgIpc) is 2.62. The summed E-state index contributed by atoms with van der Waals surface area (Å²) in [5.41, 5.74) is 9.54. The molecule has 0 atom stereocenters. The summed E-state index contributed by atoms with van der Waals surface area (Å²) in [5, 5.41) is 2.12. The first-order chi connectivity index (χ1) is 6.27. The number of allylic oxidation sites excluding steroid dienone is 4. The Hall–Kier alpha value is -1.02. The predicted octanol–water partition coefficient (Wildman–Crippen LogP) is 3.16. The van der Waals surface area contributed by atoms with Crippen LogP contribution in [0.25, 0.3) is 5.57 Å². The molecule has 13 heavy (non-hydrogen) atoms. The molecule has 0 aliphatic heterocycles. The molecular formula is C11H13NS. The lowest BCUT2D eigenvalue weighted by Crippen LogP contribution is -2.04. The summed E-state index contributed by atoms with van der Waals surface area (Å²) in [6, 6.07) is 4.27. The maximum Gasteiger partial charge on any atom is 0.0302 e. The van der Waals surface area contributed by atoms with Crippen molar-refractivity contribution in [1.29, 1.82) is 0 Å². The van der Waals surface area contributed by atoms with Gasteiger partial charge in [0.15, 0.2) is 0 Å². The summed E-state index contributed by atoms with van der Waals surface area (Å²) in [7, 11) is 0. The Kier molecular flexibility index (Phi) is 2.23. The van der Waals surface area contributed by atoms with Gasteiger partial charge in [0.25, 0.3) is 0 Å². The van der Waals surface area contributed by atoms with Gasteiger partial charge in [0, 0.05) is 10.6 Å². The van der Waals surface area contributed by atoms with E-state index in [9.17, 15) is 0 Å². The van der Waals surface area contributed by atoms with Crippen LogP contribution >= 0.6 is 11.3 Å². The van der Waals surface area contributed by atoms with Gasteiger partial charge < -0.3 is 5.73 Å². The van der Waals surface area contributed by atoms with Crippen molar-refractivity contribution in [1.82, 2.24) is 0 Å². The van der Waals surface area contributed by atoms with E-state index >= 15 is 0 Å². The van der Waals surface area contributed by atoms with Crippen LogP contribution in [0.2, 0.25) is 0 Å². The molecular weight excluding hydrogens is 178 g/mol. The molecule has 1 nitrogen and oxygen atoms in total. The van der Waals surface area contributed by atoms with Crippen LogP contribution in [0.4, 0.5) is 0 Å².